The molecule has 2 heterocycles. The highest BCUT2D eigenvalue weighted by Gasteiger charge is 2.44. The summed E-state index contributed by atoms with van der Waals surface area (Å²) in [6, 6.07) is 11.1. The summed E-state index contributed by atoms with van der Waals surface area (Å²) in [6.07, 6.45) is 3.51. The Morgan fingerprint density at radius 2 is 1.75 bits per heavy atom. The zero-order chi connectivity index (χ0) is 17.0. The molecule has 0 spiro atoms. The van der Waals surface area contributed by atoms with Gasteiger partial charge < -0.3 is 4.90 Å². The van der Waals surface area contributed by atoms with Crippen molar-refractivity contribution >= 4 is 5.91 Å². The van der Waals surface area contributed by atoms with Crippen molar-refractivity contribution in [1.29, 1.82) is 0 Å². The van der Waals surface area contributed by atoms with Crippen molar-refractivity contribution < 1.29 is 13.6 Å². The molecule has 1 aromatic carbocycles. The van der Waals surface area contributed by atoms with Gasteiger partial charge in [-0.3, -0.25) is 14.7 Å². The number of aromatic nitrogens is 1. The average molecular weight is 331 g/mol. The number of hydrogen-bond donors (Lipinski definition) is 0. The zero-order valence-corrected chi connectivity index (χ0v) is 13.2. The van der Waals surface area contributed by atoms with Crippen LogP contribution >= 0.6 is 0 Å². The second-order valence-electron chi connectivity index (χ2n) is 5.87. The summed E-state index contributed by atoms with van der Waals surface area (Å²) in [7, 11) is 0. The molecule has 0 radical (unpaired) electrons. The molecule has 0 aliphatic carbocycles. The lowest BCUT2D eigenvalue weighted by atomic mass is 10.1. The van der Waals surface area contributed by atoms with Gasteiger partial charge in [0.15, 0.2) is 0 Å². The Labute approximate surface area is 139 Å². The quantitative estimate of drug-likeness (QED) is 0.864. The number of alkyl halides is 2. The Balaban J connectivity index is 1.59. The van der Waals surface area contributed by atoms with Gasteiger partial charge in [0, 0.05) is 50.7 Å². The lowest BCUT2D eigenvalue weighted by Crippen LogP contribution is -2.52. The van der Waals surface area contributed by atoms with Gasteiger partial charge >= 0.3 is 5.92 Å². The van der Waals surface area contributed by atoms with Crippen molar-refractivity contribution in [3.8, 4) is 0 Å². The number of hydrogen-bond acceptors (Lipinski definition) is 3. The number of carbonyl (C=O) groups is 1. The fourth-order valence-electron chi connectivity index (χ4n) is 2.83. The molecule has 1 amide bonds. The number of benzene rings is 1. The maximum absolute atomic E-state index is 14.4. The van der Waals surface area contributed by atoms with Crippen LogP contribution in [0.15, 0.2) is 54.9 Å². The third kappa shape index (κ3) is 3.59. The third-order valence-electron chi connectivity index (χ3n) is 4.19. The third-order valence-corrected chi connectivity index (χ3v) is 4.19. The topological polar surface area (TPSA) is 36.4 Å². The summed E-state index contributed by atoms with van der Waals surface area (Å²) in [5, 5.41) is 0. The van der Waals surface area contributed by atoms with Crippen LogP contribution in [-0.2, 0) is 17.3 Å². The van der Waals surface area contributed by atoms with E-state index in [1.54, 1.807) is 18.5 Å². The van der Waals surface area contributed by atoms with E-state index in [1.807, 2.05) is 12.1 Å². The van der Waals surface area contributed by atoms with Gasteiger partial charge in [0.1, 0.15) is 0 Å². The molecule has 1 aliphatic rings. The van der Waals surface area contributed by atoms with E-state index < -0.39 is 11.8 Å². The van der Waals surface area contributed by atoms with E-state index in [9.17, 15) is 13.6 Å². The lowest BCUT2D eigenvalue weighted by Gasteiger charge is -2.36. The summed E-state index contributed by atoms with van der Waals surface area (Å²) in [4.78, 5) is 19.7. The van der Waals surface area contributed by atoms with Crippen LogP contribution in [0.3, 0.4) is 0 Å². The zero-order valence-electron chi connectivity index (χ0n) is 13.2. The molecule has 126 valence electrons. The molecule has 0 unspecified atom stereocenters. The van der Waals surface area contributed by atoms with Gasteiger partial charge in [0.25, 0.3) is 5.91 Å². The van der Waals surface area contributed by atoms with Gasteiger partial charge in [0.2, 0.25) is 0 Å². The molecular formula is C18H19F2N3O. The predicted molar refractivity (Wildman–Crippen MR) is 86.4 cm³/mol. The standard InChI is InChI=1S/C18H19F2N3O/c19-18(20,16-6-2-1-3-7-16)17(24)23-11-9-22(10-12-23)14-15-5-4-8-21-13-15/h1-8,13H,9-12,14H2. The molecule has 1 aliphatic heterocycles. The highest BCUT2D eigenvalue weighted by Crippen LogP contribution is 2.30. The van der Waals surface area contributed by atoms with Crippen LogP contribution in [0.1, 0.15) is 11.1 Å². The van der Waals surface area contributed by atoms with Gasteiger partial charge in [-0.05, 0) is 11.6 Å². The van der Waals surface area contributed by atoms with Gasteiger partial charge in [-0.25, -0.2) is 0 Å². The average Bonchev–Trinajstić information content (AvgIpc) is 2.63. The molecule has 4 nitrogen and oxygen atoms in total. The number of carbonyl (C=O) groups excluding carboxylic acids is 1. The highest BCUT2D eigenvalue weighted by molar-refractivity contribution is 5.85. The first kappa shape index (κ1) is 16.5. The Kier molecular flexibility index (Phi) is 4.85. The monoisotopic (exact) mass is 331 g/mol. The van der Waals surface area contributed by atoms with Gasteiger partial charge in [-0.2, -0.15) is 8.78 Å². The van der Waals surface area contributed by atoms with Crippen LogP contribution in [0.25, 0.3) is 0 Å². The lowest BCUT2D eigenvalue weighted by molar-refractivity contribution is -0.160. The number of pyridine rings is 1. The molecule has 0 saturated carbocycles. The van der Waals surface area contributed by atoms with Gasteiger partial charge in [-0.1, -0.05) is 36.4 Å². The SMILES string of the molecule is O=C(N1CCN(Cc2cccnc2)CC1)C(F)(F)c1ccccc1. The summed E-state index contributed by atoms with van der Waals surface area (Å²) in [5.41, 5.74) is 0.819. The van der Waals surface area contributed by atoms with Crippen LogP contribution in [0.2, 0.25) is 0 Å². The molecule has 1 aromatic heterocycles. The van der Waals surface area contributed by atoms with E-state index >= 15 is 0 Å². The molecule has 1 fully saturated rings. The first-order valence-corrected chi connectivity index (χ1v) is 7.91. The summed E-state index contributed by atoms with van der Waals surface area (Å²) >= 11 is 0. The number of halogens is 2. The second-order valence-corrected chi connectivity index (χ2v) is 5.87. The summed E-state index contributed by atoms with van der Waals surface area (Å²) in [5.74, 6) is -4.60. The Morgan fingerprint density at radius 3 is 2.38 bits per heavy atom. The van der Waals surface area contributed by atoms with E-state index in [2.05, 4.69) is 9.88 Å². The maximum Gasteiger partial charge on any atom is 0.349 e. The fourth-order valence-corrected chi connectivity index (χ4v) is 2.83. The van der Waals surface area contributed by atoms with Crippen molar-refractivity contribution in [2.24, 2.45) is 0 Å². The van der Waals surface area contributed by atoms with Crippen LogP contribution < -0.4 is 0 Å². The molecule has 24 heavy (non-hydrogen) atoms. The largest absolute Gasteiger partial charge is 0.349 e. The molecule has 2 aromatic rings. The van der Waals surface area contributed by atoms with Crippen molar-refractivity contribution in [3.63, 3.8) is 0 Å². The molecule has 0 bridgehead atoms. The minimum absolute atomic E-state index is 0.257. The van der Waals surface area contributed by atoms with E-state index in [-0.39, 0.29) is 5.56 Å². The number of amides is 1. The molecule has 1 saturated heterocycles. The maximum atomic E-state index is 14.4. The predicted octanol–water partition coefficient (Wildman–Crippen LogP) is 2.52. The minimum atomic E-state index is -3.48. The first-order valence-electron chi connectivity index (χ1n) is 7.91. The molecule has 0 N–H and O–H groups in total. The van der Waals surface area contributed by atoms with Crippen molar-refractivity contribution in [3.05, 3.63) is 66.0 Å². The first-order chi connectivity index (χ1) is 11.6. The number of nitrogens with zero attached hydrogens (tertiary/aromatic N) is 3. The minimum Gasteiger partial charge on any atom is -0.335 e. The van der Waals surface area contributed by atoms with E-state index in [0.717, 1.165) is 5.56 Å². The molecule has 3 rings (SSSR count). The summed E-state index contributed by atoms with van der Waals surface area (Å²) < 4.78 is 28.7. The van der Waals surface area contributed by atoms with E-state index in [4.69, 9.17) is 0 Å². The van der Waals surface area contributed by atoms with E-state index in [0.29, 0.717) is 32.7 Å². The van der Waals surface area contributed by atoms with Gasteiger partial charge in [-0.15, -0.1) is 0 Å². The van der Waals surface area contributed by atoms with E-state index in [1.165, 1.54) is 29.2 Å². The Hall–Kier alpha value is -2.34. The number of piperazine rings is 1. The van der Waals surface area contributed by atoms with Crippen LogP contribution in [0.5, 0.6) is 0 Å². The van der Waals surface area contributed by atoms with Crippen molar-refractivity contribution in [2.75, 3.05) is 26.2 Å². The molecule has 6 heteroatoms. The fraction of sp³-hybridized carbons (Fsp3) is 0.333. The van der Waals surface area contributed by atoms with Gasteiger partial charge in [0.05, 0.1) is 0 Å². The van der Waals surface area contributed by atoms with Crippen LogP contribution in [-0.4, -0.2) is 46.9 Å². The second kappa shape index (κ2) is 7.05. The van der Waals surface area contributed by atoms with Crippen molar-refractivity contribution in [1.82, 2.24) is 14.8 Å². The summed E-state index contributed by atoms with van der Waals surface area (Å²) in [6.45, 7) is 2.48. The van der Waals surface area contributed by atoms with Crippen molar-refractivity contribution in [2.45, 2.75) is 12.5 Å². The molecular weight excluding hydrogens is 312 g/mol. The van der Waals surface area contributed by atoms with Crippen LogP contribution in [0, 0.1) is 0 Å². The van der Waals surface area contributed by atoms with Crippen LogP contribution in [0.4, 0.5) is 8.78 Å². The number of rotatable bonds is 4. The molecule has 0 atom stereocenters. The highest BCUT2D eigenvalue weighted by atomic mass is 19.3. The Morgan fingerprint density at radius 1 is 1.04 bits per heavy atom. The Bertz CT molecular complexity index is 671. The smallest absolute Gasteiger partial charge is 0.335 e. The normalized spacial score (nSPS) is 16.2.